The smallest absolute Gasteiger partial charge is 0.338 e. The van der Waals surface area contributed by atoms with E-state index in [1.807, 2.05) is 0 Å². The summed E-state index contributed by atoms with van der Waals surface area (Å²) in [7, 11) is 0. The van der Waals surface area contributed by atoms with Crippen LogP contribution in [-0.2, 0) is 4.74 Å². The van der Waals surface area contributed by atoms with Crippen molar-refractivity contribution in [1.29, 1.82) is 0 Å². The summed E-state index contributed by atoms with van der Waals surface area (Å²) in [6, 6.07) is 3.02. The van der Waals surface area contributed by atoms with E-state index in [1.54, 1.807) is 0 Å². The SMILES string of the molecule is O=C(OC1CCCC1)c1ccc([N+](=O)[O-])c(F)c1. The number of hydrogen-bond donors (Lipinski definition) is 0. The first-order valence-corrected chi connectivity index (χ1v) is 5.73. The van der Waals surface area contributed by atoms with Gasteiger partial charge in [-0.3, -0.25) is 10.1 Å². The first kappa shape index (κ1) is 12.5. The Bertz CT molecular complexity index is 483. The molecule has 0 atom stereocenters. The molecule has 1 aliphatic carbocycles. The van der Waals surface area contributed by atoms with Crippen LogP contribution in [0.5, 0.6) is 0 Å². The first-order chi connectivity index (χ1) is 8.58. The first-order valence-electron chi connectivity index (χ1n) is 5.73. The molecule has 1 aromatic rings. The van der Waals surface area contributed by atoms with E-state index < -0.39 is 22.4 Å². The van der Waals surface area contributed by atoms with Gasteiger partial charge in [0.05, 0.1) is 10.5 Å². The lowest BCUT2D eigenvalue weighted by Gasteiger charge is -2.11. The molecule has 0 amide bonds. The van der Waals surface area contributed by atoms with Crippen molar-refractivity contribution in [1.82, 2.24) is 0 Å². The van der Waals surface area contributed by atoms with Crippen LogP contribution in [0.1, 0.15) is 36.0 Å². The van der Waals surface area contributed by atoms with Crippen LogP contribution < -0.4 is 0 Å². The van der Waals surface area contributed by atoms with E-state index in [0.29, 0.717) is 0 Å². The summed E-state index contributed by atoms with van der Waals surface area (Å²) in [5, 5.41) is 10.4. The Morgan fingerprint density at radius 2 is 2.06 bits per heavy atom. The number of benzene rings is 1. The Morgan fingerprint density at radius 1 is 1.39 bits per heavy atom. The minimum atomic E-state index is -1.03. The summed E-state index contributed by atoms with van der Waals surface area (Å²) < 4.78 is 18.5. The minimum absolute atomic E-state index is 0.00463. The largest absolute Gasteiger partial charge is 0.459 e. The molecule has 0 N–H and O–H groups in total. The molecule has 0 heterocycles. The fourth-order valence-electron chi connectivity index (χ4n) is 2.01. The summed E-state index contributed by atoms with van der Waals surface area (Å²) in [5.74, 6) is -1.66. The van der Waals surface area contributed by atoms with Crippen molar-refractivity contribution in [2.75, 3.05) is 0 Å². The second-order valence-corrected chi connectivity index (χ2v) is 4.24. The van der Waals surface area contributed by atoms with Crippen LogP contribution in [0.4, 0.5) is 10.1 Å². The van der Waals surface area contributed by atoms with Crippen molar-refractivity contribution in [2.24, 2.45) is 0 Å². The molecule has 0 aliphatic heterocycles. The van der Waals surface area contributed by atoms with Gasteiger partial charge >= 0.3 is 11.7 Å². The summed E-state index contributed by atoms with van der Waals surface area (Å²) in [5.41, 5.74) is -0.641. The lowest BCUT2D eigenvalue weighted by molar-refractivity contribution is -0.387. The number of carbonyl (C=O) groups excluding carboxylic acids is 1. The number of nitrogens with zero attached hydrogens (tertiary/aromatic N) is 1. The molecule has 1 aliphatic rings. The molecular weight excluding hydrogens is 241 g/mol. The van der Waals surface area contributed by atoms with Gasteiger partial charge in [0.15, 0.2) is 0 Å². The zero-order chi connectivity index (χ0) is 13.1. The summed E-state index contributed by atoms with van der Waals surface area (Å²) in [4.78, 5) is 21.3. The Hall–Kier alpha value is -1.98. The molecule has 0 unspecified atom stereocenters. The second-order valence-electron chi connectivity index (χ2n) is 4.24. The molecule has 1 aromatic carbocycles. The average Bonchev–Trinajstić information content (AvgIpc) is 2.81. The van der Waals surface area contributed by atoms with Gasteiger partial charge in [-0.1, -0.05) is 0 Å². The predicted octanol–water partition coefficient (Wildman–Crippen LogP) is 2.83. The predicted molar refractivity (Wildman–Crippen MR) is 60.7 cm³/mol. The highest BCUT2D eigenvalue weighted by Gasteiger charge is 2.22. The molecule has 2 rings (SSSR count). The zero-order valence-corrected chi connectivity index (χ0v) is 9.60. The van der Waals surface area contributed by atoms with Gasteiger partial charge in [0.25, 0.3) is 0 Å². The summed E-state index contributed by atoms with van der Waals surface area (Å²) in [6.45, 7) is 0. The Morgan fingerprint density at radius 3 is 2.61 bits per heavy atom. The highest BCUT2D eigenvalue weighted by atomic mass is 19.1. The third-order valence-corrected chi connectivity index (χ3v) is 2.96. The fraction of sp³-hybridized carbons (Fsp3) is 0.417. The third-order valence-electron chi connectivity index (χ3n) is 2.96. The summed E-state index contributed by atoms with van der Waals surface area (Å²) in [6.07, 6.45) is 3.57. The van der Waals surface area contributed by atoms with E-state index in [2.05, 4.69) is 0 Å². The third kappa shape index (κ3) is 2.64. The van der Waals surface area contributed by atoms with Gasteiger partial charge in [-0.25, -0.2) is 4.79 Å². The van der Waals surface area contributed by atoms with Crippen LogP contribution in [0.25, 0.3) is 0 Å². The van der Waals surface area contributed by atoms with Crippen molar-refractivity contribution < 1.29 is 18.8 Å². The molecule has 0 aromatic heterocycles. The number of rotatable bonds is 3. The molecule has 0 saturated heterocycles. The zero-order valence-electron chi connectivity index (χ0n) is 9.60. The number of nitro groups is 1. The standard InChI is InChI=1S/C12H12FNO4/c13-10-7-8(5-6-11(10)14(16)17)12(15)18-9-3-1-2-4-9/h5-7,9H,1-4H2. The van der Waals surface area contributed by atoms with Gasteiger partial charge in [-0.15, -0.1) is 0 Å². The Labute approximate surface area is 103 Å². The van der Waals surface area contributed by atoms with Gasteiger partial charge < -0.3 is 4.74 Å². The highest BCUT2D eigenvalue weighted by Crippen LogP contribution is 2.23. The van der Waals surface area contributed by atoms with Crippen LogP contribution in [0.3, 0.4) is 0 Å². The van der Waals surface area contributed by atoms with Gasteiger partial charge in [0.2, 0.25) is 5.82 Å². The number of hydrogen-bond acceptors (Lipinski definition) is 4. The van der Waals surface area contributed by atoms with E-state index in [9.17, 15) is 19.3 Å². The number of ether oxygens (including phenoxy) is 1. The van der Waals surface area contributed by atoms with E-state index in [-0.39, 0.29) is 11.7 Å². The molecule has 96 valence electrons. The van der Waals surface area contributed by atoms with Crippen molar-refractivity contribution >= 4 is 11.7 Å². The number of halogens is 1. The van der Waals surface area contributed by atoms with Crippen molar-refractivity contribution in [3.05, 3.63) is 39.7 Å². The molecule has 1 saturated carbocycles. The number of esters is 1. The van der Waals surface area contributed by atoms with Crippen LogP contribution in [0.15, 0.2) is 18.2 Å². The maximum Gasteiger partial charge on any atom is 0.338 e. The van der Waals surface area contributed by atoms with Crippen LogP contribution in [-0.4, -0.2) is 17.0 Å². The van der Waals surface area contributed by atoms with E-state index in [1.165, 1.54) is 6.07 Å². The topological polar surface area (TPSA) is 69.4 Å². The van der Waals surface area contributed by atoms with Gasteiger partial charge in [-0.2, -0.15) is 4.39 Å². The highest BCUT2D eigenvalue weighted by molar-refractivity contribution is 5.89. The molecule has 0 radical (unpaired) electrons. The molecular formula is C12H12FNO4. The van der Waals surface area contributed by atoms with Crippen molar-refractivity contribution in [3.63, 3.8) is 0 Å². The van der Waals surface area contributed by atoms with E-state index in [4.69, 9.17) is 4.74 Å². The minimum Gasteiger partial charge on any atom is -0.459 e. The Kier molecular flexibility index (Phi) is 3.55. The Balaban J connectivity index is 2.10. The molecule has 1 fully saturated rings. The summed E-state index contributed by atoms with van der Waals surface area (Å²) >= 11 is 0. The monoisotopic (exact) mass is 253 g/mol. The van der Waals surface area contributed by atoms with E-state index >= 15 is 0 Å². The quantitative estimate of drug-likeness (QED) is 0.472. The number of nitro benzene ring substituents is 1. The number of carbonyl (C=O) groups is 1. The molecule has 0 bridgehead atoms. The normalized spacial score (nSPS) is 15.6. The second kappa shape index (κ2) is 5.12. The molecule has 6 heteroatoms. The van der Waals surface area contributed by atoms with E-state index in [0.717, 1.165) is 37.8 Å². The maximum atomic E-state index is 13.3. The lowest BCUT2D eigenvalue weighted by Crippen LogP contribution is -2.15. The van der Waals surface area contributed by atoms with Crippen molar-refractivity contribution in [3.8, 4) is 0 Å². The molecule has 0 spiro atoms. The van der Waals surface area contributed by atoms with Crippen LogP contribution >= 0.6 is 0 Å². The molecule has 5 nitrogen and oxygen atoms in total. The maximum absolute atomic E-state index is 13.3. The molecule has 18 heavy (non-hydrogen) atoms. The van der Waals surface area contributed by atoms with Crippen LogP contribution in [0.2, 0.25) is 0 Å². The average molecular weight is 253 g/mol. The fourth-order valence-corrected chi connectivity index (χ4v) is 2.01. The van der Waals surface area contributed by atoms with Gasteiger partial charge in [0, 0.05) is 6.07 Å². The lowest BCUT2D eigenvalue weighted by atomic mass is 10.2. The van der Waals surface area contributed by atoms with Crippen LogP contribution in [0, 0.1) is 15.9 Å². The van der Waals surface area contributed by atoms with Gasteiger partial charge in [0.1, 0.15) is 6.10 Å². The van der Waals surface area contributed by atoms with Crippen molar-refractivity contribution in [2.45, 2.75) is 31.8 Å². The van der Waals surface area contributed by atoms with Gasteiger partial charge in [-0.05, 0) is 37.8 Å².